The second-order valence-corrected chi connectivity index (χ2v) is 7.18. The molecule has 132 valence electrons. The maximum Gasteiger partial charge on any atom is 0.306 e. The van der Waals surface area contributed by atoms with Gasteiger partial charge in [-0.2, -0.15) is 0 Å². The van der Waals surface area contributed by atoms with E-state index in [0.717, 1.165) is 19.3 Å². The molecule has 0 aliphatic heterocycles. The number of unbranched alkanes of at least 4 members (excludes halogenated alkanes) is 2. The summed E-state index contributed by atoms with van der Waals surface area (Å²) in [5.74, 6) is -0.108. The Bertz CT molecular complexity index is 638. The van der Waals surface area contributed by atoms with Crippen molar-refractivity contribution in [2.24, 2.45) is 0 Å². The van der Waals surface area contributed by atoms with E-state index in [1.54, 1.807) is 0 Å². The van der Waals surface area contributed by atoms with Crippen molar-refractivity contribution in [2.45, 2.75) is 52.1 Å². The molecule has 0 atom stereocenters. The van der Waals surface area contributed by atoms with Crippen LogP contribution in [0.4, 0.5) is 0 Å². The smallest absolute Gasteiger partial charge is 0.306 e. The third-order valence-corrected chi connectivity index (χ3v) is 3.77. The molecule has 0 amide bonds. The van der Waals surface area contributed by atoms with E-state index >= 15 is 0 Å². The van der Waals surface area contributed by atoms with Gasteiger partial charge in [0.25, 0.3) is 0 Å². The van der Waals surface area contributed by atoms with Crippen LogP contribution in [0.25, 0.3) is 5.57 Å². The van der Waals surface area contributed by atoms with E-state index in [4.69, 9.17) is 4.74 Å². The van der Waals surface area contributed by atoms with Crippen LogP contribution in [-0.2, 0) is 9.53 Å². The molecule has 0 unspecified atom stereocenters. The van der Waals surface area contributed by atoms with E-state index in [2.05, 4.69) is 54.6 Å². The van der Waals surface area contributed by atoms with Crippen LogP contribution >= 0.6 is 0 Å². The van der Waals surface area contributed by atoms with Crippen molar-refractivity contribution in [2.75, 3.05) is 0 Å². The molecule has 25 heavy (non-hydrogen) atoms. The van der Waals surface area contributed by atoms with E-state index in [1.807, 2.05) is 32.9 Å². The third kappa shape index (κ3) is 6.96. The number of carbonyl (C=O) groups is 1. The molecule has 0 spiro atoms. The summed E-state index contributed by atoms with van der Waals surface area (Å²) in [6, 6.07) is 20.9. The maximum atomic E-state index is 11.8. The summed E-state index contributed by atoms with van der Waals surface area (Å²) in [4.78, 5) is 11.8. The number of esters is 1. The van der Waals surface area contributed by atoms with E-state index in [-0.39, 0.29) is 5.97 Å². The number of hydrogen-bond acceptors (Lipinski definition) is 2. The number of carbonyl (C=O) groups excluding carboxylic acids is 1. The number of ether oxygens (including phenoxy) is 1. The standard InChI is InChI=1S/C23H28O2/c1-23(2,3)25-22(24)18-12-6-11-17-21(19-13-7-4-8-14-19)20-15-9-5-10-16-20/h4-5,7-10,13-17H,6,11-12,18H2,1-3H3. The fraction of sp³-hybridized carbons (Fsp3) is 0.348. The van der Waals surface area contributed by atoms with Gasteiger partial charge in [0.05, 0.1) is 0 Å². The highest BCUT2D eigenvalue weighted by atomic mass is 16.6. The topological polar surface area (TPSA) is 26.3 Å². The zero-order chi connectivity index (χ0) is 18.1. The molecule has 0 N–H and O–H groups in total. The van der Waals surface area contributed by atoms with E-state index in [0.29, 0.717) is 6.42 Å². The minimum Gasteiger partial charge on any atom is -0.460 e. The fourth-order valence-corrected chi connectivity index (χ4v) is 2.69. The molecule has 2 aromatic carbocycles. The van der Waals surface area contributed by atoms with Crippen LogP contribution in [0.15, 0.2) is 66.7 Å². The average molecular weight is 336 g/mol. The van der Waals surface area contributed by atoms with Crippen LogP contribution in [0.2, 0.25) is 0 Å². The molecular weight excluding hydrogens is 308 g/mol. The minimum atomic E-state index is -0.398. The highest BCUT2D eigenvalue weighted by molar-refractivity contribution is 5.79. The predicted octanol–water partition coefficient (Wildman–Crippen LogP) is 6.02. The van der Waals surface area contributed by atoms with Crippen molar-refractivity contribution in [3.8, 4) is 0 Å². The van der Waals surface area contributed by atoms with Crippen LogP contribution in [0.1, 0.15) is 57.6 Å². The quantitative estimate of drug-likeness (QED) is 0.456. The molecule has 2 heteroatoms. The third-order valence-electron chi connectivity index (χ3n) is 3.77. The Hall–Kier alpha value is -2.35. The molecule has 0 saturated carbocycles. The number of allylic oxidation sites excluding steroid dienone is 1. The Morgan fingerprint density at radius 3 is 1.88 bits per heavy atom. The molecule has 0 bridgehead atoms. The molecule has 0 aliphatic carbocycles. The monoisotopic (exact) mass is 336 g/mol. The first-order valence-electron chi connectivity index (χ1n) is 8.98. The Morgan fingerprint density at radius 1 is 0.880 bits per heavy atom. The van der Waals surface area contributed by atoms with Gasteiger partial charge in [-0.15, -0.1) is 0 Å². The molecule has 0 aliphatic rings. The number of benzene rings is 2. The summed E-state index contributed by atoms with van der Waals surface area (Å²) in [7, 11) is 0. The highest BCUT2D eigenvalue weighted by Gasteiger charge is 2.15. The van der Waals surface area contributed by atoms with Crippen LogP contribution in [-0.4, -0.2) is 11.6 Å². The van der Waals surface area contributed by atoms with Crippen molar-refractivity contribution in [1.29, 1.82) is 0 Å². The molecule has 2 nitrogen and oxygen atoms in total. The van der Waals surface area contributed by atoms with Gasteiger partial charge in [-0.3, -0.25) is 4.79 Å². The first-order valence-corrected chi connectivity index (χ1v) is 8.98. The normalized spacial score (nSPS) is 11.0. The molecule has 0 fully saturated rings. The van der Waals surface area contributed by atoms with Crippen LogP contribution in [0.3, 0.4) is 0 Å². The maximum absolute atomic E-state index is 11.8. The fourth-order valence-electron chi connectivity index (χ4n) is 2.69. The van der Waals surface area contributed by atoms with Gasteiger partial charge < -0.3 is 4.74 Å². The van der Waals surface area contributed by atoms with E-state index in [9.17, 15) is 4.79 Å². The first kappa shape index (κ1) is 19.0. The zero-order valence-corrected chi connectivity index (χ0v) is 15.5. The van der Waals surface area contributed by atoms with Gasteiger partial charge in [0.1, 0.15) is 5.60 Å². The van der Waals surface area contributed by atoms with Crippen LogP contribution < -0.4 is 0 Å². The van der Waals surface area contributed by atoms with Crippen molar-refractivity contribution < 1.29 is 9.53 Å². The van der Waals surface area contributed by atoms with Crippen molar-refractivity contribution >= 4 is 11.5 Å². The molecule has 0 saturated heterocycles. The molecule has 0 radical (unpaired) electrons. The molecule has 2 aromatic rings. The largest absolute Gasteiger partial charge is 0.460 e. The van der Waals surface area contributed by atoms with Gasteiger partial charge in [-0.25, -0.2) is 0 Å². The van der Waals surface area contributed by atoms with E-state index < -0.39 is 5.60 Å². The summed E-state index contributed by atoms with van der Waals surface area (Å²) >= 11 is 0. The summed E-state index contributed by atoms with van der Waals surface area (Å²) in [6.07, 6.45) is 5.53. The Balaban J connectivity index is 1.94. The summed E-state index contributed by atoms with van der Waals surface area (Å²) < 4.78 is 5.35. The Kier molecular flexibility index (Phi) is 7.00. The van der Waals surface area contributed by atoms with Gasteiger partial charge in [0, 0.05) is 6.42 Å². The van der Waals surface area contributed by atoms with Gasteiger partial charge in [0.2, 0.25) is 0 Å². The van der Waals surface area contributed by atoms with Gasteiger partial charge in [0.15, 0.2) is 0 Å². The van der Waals surface area contributed by atoms with Crippen LogP contribution in [0, 0.1) is 0 Å². The SMILES string of the molecule is CC(C)(C)OC(=O)CCCCC=C(c1ccccc1)c1ccccc1. The second-order valence-electron chi connectivity index (χ2n) is 7.18. The van der Waals surface area contributed by atoms with Crippen LogP contribution in [0.5, 0.6) is 0 Å². The summed E-state index contributed by atoms with van der Waals surface area (Å²) in [6.45, 7) is 5.71. The molecular formula is C23H28O2. The van der Waals surface area contributed by atoms with E-state index in [1.165, 1.54) is 16.7 Å². The lowest BCUT2D eigenvalue weighted by Crippen LogP contribution is -2.23. The number of hydrogen-bond donors (Lipinski definition) is 0. The number of rotatable bonds is 7. The zero-order valence-electron chi connectivity index (χ0n) is 15.5. The second kappa shape index (κ2) is 9.22. The molecule has 0 heterocycles. The Morgan fingerprint density at radius 2 is 1.40 bits per heavy atom. The summed E-state index contributed by atoms with van der Waals surface area (Å²) in [5.41, 5.74) is 3.30. The molecule has 2 rings (SSSR count). The van der Waals surface area contributed by atoms with Crippen molar-refractivity contribution in [1.82, 2.24) is 0 Å². The minimum absolute atomic E-state index is 0.108. The Labute approximate surface area is 151 Å². The summed E-state index contributed by atoms with van der Waals surface area (Å²) in [5, 5.41) is 0. The van der Waals surface area contributed by atoms with Crippen molar-refractivity contribution in [3.05, 3.63) is 77.9 Å². The van der Waals surface area contributed by atoms with Crippen molar-refractivity contribution in [3.63, 3.8) is 0 Å². The highest BCUT2D eigenvalue weighted by Crippen LogP contribution is 2.24. The van der Waals surface area contributed by atoms with Gasteiger partial charge in [-0.1, -0.05) is 66.7 Å². The first-order chi connectivity index (χ1) is 12.0. The lowest BCUT2D eigenvalue weighted by Gasteiger charge is -2.19. The lowest BCUT2D eigenvalue weighted by molar-refractivity contribution is -0.154. The average Bonchev–Trinajstić information content (AvgIpc) is 2.58. The molecule has 0 aromatic heterocycles. The predicted molar refractivity (Wildman–Crippen MR) is 104 cm³/mol. The van der Waals surface area contributed by atoms with Gasteiger partial charge >= 0.3 is 5.97 Å². The van der Waals surface area contributed by atoms with Gasteiger partial charge in [-0.05, 0) is 56.7 Å². The lowest BCUT2D eigenvalue weighted by atomic mass is 9.96.